The molecule has 0 bridgehead atoms. The van der Waals surface area contributed by atoms with Gasteiger partial charge in [-0.3, -0.25) is 0 Å². The third-order valence-corrected chi connectivity index (χ3v) is 2.22. The molecule has 0 heterocycles. The molecule has 1 aromatic carbocycles. The zero-order chi connectivity index (χ0) is 13.0. The van der Waals surface area contributed by atoms with E-state index in [9.17, 15) is 9.59 Å². The fourth-order valence-corrected chi connectivity index (χ4v) is 1.55. The molecule has 1 rings (SSSR count). The minimum atomic E-state index is -1.04. The Morgan fingerprint density at radius 1 is 1.24 bits per heavy atom. The molecule has 0 aliphatic heterocycles. The molecule has 5 heteroatoms. The SMILES string of the molecule is COC(=O)c1cc(C)c(OCC(=O)O)c(C)c1. The van der Waals surface area contributed by atoms with Gasteiger partial charge in [0.15, 0.2) is 6.61 Å². The fourth-order valence-electron chi connectivity index (χ4n) is 1.55. The predicted molar refractivity (Wildman–Crippen MR) is 60.4 cm³/mol. The number of rotatable bonds is 4. The first-order chi connectivity index (χ1) is 7.95. The highest BCUT2D eigenvalue weighted by atomic mass is 16.5. The number of aryl methyl sites for hydroxylation is 2. The minimum absolute atomic E-state index is 0.404. The van der Waals surface area contributed by atoms with Crippen LogP contribution in [0.1, 0.15) is 21.5 Å². The Labute approximate surface area is 99.0 Å². The van der Waals surface area contributed by atoms with Gasteiger partial charge in [-0.15, -0.1) is 0 Å². The van der Waals surface area contributed by atoms with Crippen LogP contribution in [0.25, 0.3) is 0 Å². The van der Waals surface area contributed by atoms with Gasteiger partial charge in [-0.05, 0) is 37.1 Å². The van der Waals surface area contributed by atoms with Gasteiger partial charge in [-0.25, -0.2) is 9.59 Å². The van der Waals surface area contributed by atoms with Gasteiger partial charge in [-0.1, -0.05) is 0 Å². The second kappa shape index (κ2) is 5.34. The Morgan fingerprint density at radius 3 is 2.18 bits per heavy atom. The third kappa shape index (κ3) is 3.21. The van der Waals surface area contributed by atoms with Crippen LogP contribution in [0, 0.1) is 13.8 Å². The molecule has 0 aromatic heterocycles. The smallest absolute Gasteiger partial charge is 0.341 e. The number of esters is 1. The predicted octanol–water partition coefficient (Wildman–Crippen LogP) is 1.55. The van der Waals surface area contributed by atoms with Crippen LogP contribution in [-0.2, 0) is 9.53 Å². The number of benzene rings is 1. The second-order valence-corrected chi connectivity index (χ2v) is 3.61. The van der Waals surface area contributed by atoms with Crippen LogP contribution in [0.15, 0.2) is 12.1 Å². The normalized spacial score (nSPS) is 9.82. The van der Waals surface area contributed by atoms with Crippen LogP contribution in [-0.4, -0.2) is 30.8 Å². The first-order valence-corrected chi connectivity index (χ1v) is 5.00. The van der Waals surface area contributed by atoms with Crippen molar-refractivity contribution in [1.29, 1.82) is 0 Å². The van der Waals surface area contributed by atoms with Gasteiger partial charge in [0.25, 0.3) is 0 Å². The van der Waals surface area contributed by atoms with E-state index in [0.717, 1.165) is 0 Å². The summed E-state index contributed by atoms with van der Waals surface area (Å²) in [4.78, 5) is 21.8. The molecule has 1 aromatic rings. The Bertz CT molecular complexity index is 427. The number of methoxy groups -OCH3 is 1. The average molecular weight is 238 g/mol. The molecule has 0 unspecified atom stereocenters. The van der Waals surface area contributed by atoms with Gasteiger partial charge in [0.1, 0.15) is 5.75 Å². The van der Waals surface area contributed by atoms with E-state index in [4.69, 9.17) is 9.84 Å². The monoisotopic (exact) mass is 238 g/mol. The topological polar surface area (TPSA) is 72.8 Å². The summed E-state index contributed by atoms with van der Waals surface area (Å²) in [6, 6.07) is 3.21. The van der Waals surface area contributed by atoms with Crippen molar-refractivity contribution in [3.05, 3.63) is 28.8 Å². The third-order valence-electron chi connectivity index (χ3n) is 2.22. The molecule has 0 saturated carbocycles. The molecule has 0 atom stereocenters. The maximum absolute atomic E-state index is 11.3. The van der Waals surface area contributed by atoms with E-state index in [1.807, 2.05) is 0 Å². The standard InChI is InChI=1S/C12H14O5/c1-7-4-9(12(15)16-3)5-8(2)11(7)17-6-10(13)14/h4-5H,6H2,1-3H3,(H,13,14). The first kappa shape index (κ1) is 13.0. The van der Waals surface area contributed by atoms with Gasteiger partial charge in [0.2, 0.25) is 0 Å². The largest absolute Gasteiger partial charge is 0.481 e. The van der Waals surface area contributed by atoms with E-state index in [1.54, 1.807) is 26.0 Å². The zero-order valence-electron chi connectivity index (χ0n) is 9.94. The first-order valence-electron chi connectivity index (χ1n) is 5.00. The lowest BCUT2D eigenvalue weighted by molar-refractivity contribution is -0.139. The molecule has 5 nitrogen and oxygen atoms in total. The minimum Gasteiger partial charge on any atom is -0.481 e. The zero-order valence-corrected chi connectivity index (χ0v) is 9.94. The van der Waals surface area contributed by atoms with Crippen LogP contribution in [0.4, 0.5) is 0 Å². The van der Waals surface area contributed by atoms with Crippen molar-refractivity contribution < 1.29 is 24.2 Å². The summed E-state index contributed by atoms with van der Waals surface area (Å²) in [7, 11) is 1.31. The number of carbonyl (C=O) groups is 2. The lowest BCUT2D eigenvalue weighted by Crippen LogP contribution is -2.11. The van der Waals surface area contributed by atoms with Crippen LogP contribution in [0.2, 0.25) is 0 Å². The number of hydrogen-bond donors (Lipinski definition) is 1. The summed E-state index contributed by atoms with van der Waals surface area (Å²) in [6.07, 6.45) is 0. The highest BCUT2D eigenvalue weighted by Crippen LogP contribution is 2.25. The maximum atomic E-state index is 11.3. The van der Waals surface area contributed by atoms with Crippen LogP contribution >= 0.6 is 0 Å². The van der Waals surface area contributed by atoms with Crippen molar-refractivity contribution >= 4 is 11.9 Å². The lowest BCUT2D eigenvalue weighted by atomic mass is 10.1. The van der Waals surface area contributed by atoms with Gasteiger partial charge < -0.3 is 14.6 Å². The summed E-state index contributed by atoms with van der Waals surface area (Å²) in [6.45, 7) is 3.09. The van der Waals surface area contributed by atoms with Crippen molar-refractivity contribution in [2.45, 2.75) is 13.8 Å². The Hall–Kier alpha value is -2.04. The number of ether oxygens (including phenoxy) is 2. The number of aliphatic carboxylic acids is 1. The number of carboxylic acids is 1. The average Bonchev–Trinajstić information content (AvgIpc) is 2.26. The number of carbonyl (C=O) groups excluding carboxylic acids is 1. The summed E-state index contributed by atoms with van der Waals surface area (Å²) < 4.78 is 9.76. The van der Waals surface area contributed by atoms with Gasteiger partial charge in [-0.2, -0.15) is 0 Å². The van der Waals surface area contributed by atoms with Crippen LogP contribution in [0.5, 0.6) is 5.75 Å². The van der Waals surface area contributed by atoms with E-state index >= 15 is 0 Å². The van der Waals surface area contributed by atoms with E-state index in [1.165, 1.54) is 7.11 Å². The van der Waals surface area contributed by atoms with Crippen LogP contribution in [0.3, 0.4) is 0 Å². The summed E-state index contributed by atoms with van der Waals surface area (Å²) in [5.74, 6) is -0.984. The van der Waals surface area contributed by atoms with Gasteiger partial charge in [0, 0.05) is 0 Å². The quantitative estimate of drug-likeness (QED) is 0.806. The van der Waals surface area contributed by atoms with Gasteiger partial charge in [0.05, 0.1) is 12.7 Å². The molecule has 0 aliphatic rings. The molecule has 0 saturated heterocycles. The molecule has 0 amide bonds. The van der Waals surface area contributed by atoms with Crippen molar-refractivity contribution in [3.63, 3.8) is 0 Å². The number of carboxylic acid groups (broad SMARTS) is 1. The fraction of sp³-hybridized carbons (Fsp3) is 0.333. The van der Waals surface area contributed by atoms with Gasteiger partial charge >= 0.3 is 11.9 Å². The van der Waals surface area contributed by atoms with E-state index < -0.39 is 18.5 Å². The Morgan fingerprint density at radius 2 is 1.76 bits per heavy atom. The molecular formula is C12H14O5. The van der Waals surface area contributed by atoms with Crippen molar-refractivity contribution in [1.82, 2.24) is 0 Å². The lowest BCUT2D eigenvalue weighted by Gasteiger charge is -2.11. The van der Waals surface area contributed by atoms with Crippen LogP contribution < -0.4 is 4.74 Å². The number of hydrogen-bond acceptors (Lipinski definition) is 4. The summed E-state index contributed by atoms with van der Waals surface area (Å²) in [5, 5.41) is 8.54. The van der Waals surface area contributed by atoms with E-state index in [0.29, 0.717) is 22.4 Å². The Balaban J connectivity index is 3.02. The highest BCUT2D eigenvalue weighted by Gasteiger charge is 2.12. The maximum Gasteiger partial charge on any atom is 0.341 e. The van der Waals surface area contributed by atoms with E-state index in [-0.39, 0.29) is 0 Å². The molecule has 0 spiro atoms. The molecule has 92 valence electrons. The van der Waals surface area contributed by atoms with Crippen molar-refractivity contribution in [3.8, 4) is 5.75 Å². The molecule has 1 N–H and O–H groups in total. The van der Waals surface area contributed by atoms with Crippen molar-refractivity contribution in [2.24, 2.45) is 0 Å². The molecular weight excluding hydrogens is 224 g/mol. The molecule has 17 heavy (non-hydrogen) atoms. The van der Waals surface area contributed by atoms with Crippen molar-refractivity contribution in [2.75, 3.05) is 13.7 Å². The summed E-state index contributed by atoms with van der Waals surface area (Å²) >= 11 is 0. The van der Waals surface area contributed by atoms with E-state index in [2.05, 4.69) is 4.74 Å². The molecule has 0 fully saturated rings. The summed E-state index contributed by atoms with van der Waals surface area (Å²) in [5.41, 5.74) is 1.82. The molecule has 0 radical (unpaired) electrons. The Kier molecular flexibility index (Phi) is 4.09. The molecule has 0 aliphatic carbocycles. The second-order valence-electron chi connectivity index (χ2n) is 3.61. The highest BCUT2D eigenvalue weighted by molar-refractivity contribution is 5.90.